The van der Waals surface area contributed by atoms with Gasteiger partial charge in [-0.05, 0) is 47.9 Å². The molecule has 1 aromatic heterocycles. The summed E-state index contributed by atoms with van der Waals surface area (Å²) in [4.78, 5) is 32.0. The van der Waals surface area contributed by atoms with Crippen molar-refractivity contribution in [1.82, 2.24) is 13.8 Å². The van der Waals surface area contributed by atoms with E-state index in [9.17, 15) is 18.0 Å². The maximum atomic E-state index is 13.4. The summed E-state index contributed by atoms with van der Waals surface area (Å²) < 4.78 is 29.5. The third kappa shape index (κ3) is 5.92. The molecule has 12 heteroatoms. The average Bonchev–Trinajstić information content (AvgIpc) is 3.22. The van der Waals surface area contributed by atoms with Gasteiger partial charge in [-0.2, -0.15) is 4.31 Å². The molecule has 2 N–H and O–H groups in total. The van der Waals surface area contributed by atoms with E-state index in [1.165, 1.54) is 12.1 Å². The van der Waals surface area contributed by atoms with E-state index in [-0.39, 0.29) is 16.8 Å². The summed E-state index contributed by atoms with van der Waals surface area (Å²) in [5.74, 6) is -1.21. The number of halogens is 1. The minimum absolute atomic E-state index is 0.0253. The predicted octanol–water partition coefficient (Wildman–Crippen LogP) is 1.96. The molecule has 2 aromatic carbocycles. The van der Waals surface area contributed by atoms with E-state index in [0.717, 1.165) is 14.5 Å². The standard InChI is InChI=1S/C23H26ClN5O4S2/c1-27-10-11-34-23(27)26-19-6-8-28(9-7-19)22(31)15-29(14-21(25)30)35(32,33)20-5-3-16-12-18(24)4-2-17(16)13-20/h2-5,10-13,19H,6-9,14-15H2,1H3,(H2,25,30). The number of aromatic nitrogens is 1. The van der Waals surface area contributed by atoms with Gasteiger partial charge < -0.3 is 15.2 Å². The van der Waals surface area contributed by atoms with Crippen molar-refractivity contribution in [3.63, 3.8) is 0 Å². The molecule has 1 saturated heterocycles. The van der Waals surface area contributed by atoms with Crippen LogP contribution in [0.5, 0.6) is 0 Å². The highest BCUT2D eigenvalue weighted by atomic mass is 35.5. The molecule has 0 radical (unpaired) electrons. The number of amides is 2. The third-order valence-corrected chi connectivity index (χ3v) is 8.81. The second-order valence-electron chi connectivity index (χ2n) is 8.43. The smallest absolute Gasteiger partial charge is 0.244 e. The van der Waals surface area contributed by atoms with Crippen LogP contribution in [-0.2, 0) is 26.7 Å². The molecule has 0 aliphatic carbocycles. The number of nitrogens with two attached hydrogens (primary N) is 1. The first-order valence-electron chi connectivity index (χ1n) is 11.0. The highest BCUT2D eigenvalue weighted by molar-refractivity contribution is 7.89. The molecule has 1 aliphatic heterocycles. The molecule has 0 atom stereocenters. The predicted molar refractivity (Wildman–Crippen MR) is 135 cm³/mol. The molecular weight excluding hydrogens is 510 g/mol. The highest BCUT2D eigenvalue weighted by Crippen LogP contribution is 2.25. The first kappa shape index (κ1) is 25.4. The second kappa shape index (κ2) is 10.5. The van der Waals surface area contributed by atoms with Crippen LogP contribution in [0.4, 0.5) is 0 Å². The van der Waals surface area contributed by atoms with E-state index in [4.69, 9.17) is 22.3 Å². The van der Waals surface area contributed by atoms with Gasteiger partial charge in [0.05, 0.1) is 24.0 Å². The number of nitrogens with zero attached hydrogens (tertiary/aromatic N) is 4. The van der Waals surface area contributed by atoms with Gasteiger partial charge in [-0.25, -0.2) is 8.42 Å². The Morgan fingerprint density at radius 2 is 1.83 bits per heavy atom. The molecule has 35 heavy (non-hydrogen) atoms. The Labute approximate surface area is 212 Å². The molecule has 0 saturated carbocycles. The largest absolute Gasteiger partial charge is 0.369 e. The second-order valence-corrected chi connectivity index (χ2v) is 11.7. The molecular formula is C23H26ClN5O4S2. The van der Waals surface area contributed by atoms with Gasteiger partial charge in [0, 0.05) is 36.7 Å². The number of fused-ring (bicyclic) bond motifs is 1. The quantitative estimate of drug-likeness (QED) is 0.497. The van der Waals surface area contributed by atoms with Gasteiger partial charge in [-0.1, -0.05) is 23.7 Å². The van der Waals surface area contributed by atoms with E-state index in [0.29, 0.717) is 36.3 Å². The number of hydrogen-bond donors (Lipinski definition) is 1. The number of primary amides is 1. The first-order chi connectivity index (χ1) is 16.6. The zero-order valence-corrected chi connectivity index (χ0v) is 21.5. The van der Waals surface area contributed by atoms with Crippen molar-refractivity contribution in [2.24, 2.45) is 17.8 Å². The van der Waals surface area contributed by atoms with Crippen molar-refractivity contribution >= 4 is 55.5 Å². The van der Waals surface area contributed by atoms with Crippen LogP contribution in [0.25, 0.3) is 10.8 Å². The molecule has 0 spiro atoms. The van der Waals surface area contributed by atoms with Gasteiger partial charge in [0.25, 0.3) is 0 Å². The molecule has 0 unspecified atom stereocenters. The van der Waals surface area contributed by atoms with Gasteiger partial charge in [0.1, 0.15) is 0 Å². The summed E-state index contributed by atoms with van der Waals surface area (Å²) in [6.45, 7) is -0.133. The molecule has 4 rings (SSSR count). The molecule has 1 fully saturated rings. The van der Waals surface area contributed by atoms with Crippen molar-refractivity contribution in [1.29, 1.82) is 0 Å². The Kier molecular flexibility index (Phi) is 7.60. The number of rotatable bonds is 7. The summed E-state index contributed by atoms with van der Waals surface area (Å²) in [5, 5.41) is 3.95. The van der Waals surface area contributed by atoms with Crippen LogP contribution < -0.4 is 10.5 Å². The maximum Gasteiger partial charge on any atom is 0.244 e. The van der Waals surface area contributed by atoms with E-state index in [2.05, 4.69) is 0 Å². The van der Waals surface area contributed by atoms with Crippen molar-refractivity contribution < 1.29 is 18.0 Å². The summed E-state index contributed by atoms with van der Waals surface area (Å²) >= 11 is 7.57. The zero-order valence-electron chi connectivity index (χ0n) is 19.1. The van der Waals surface area contributed by atoms with E-state index < -0.39 is 29.0 Å². The SMILES string of the molecule is Cn1ccsc1=NC1CCN(C(=O)CN(CC(N)=O)S(=O)(=O)c2ccc3cc(Cl)ccc3c2)CC1. The lowest BCUT2D eigenvalue weighted by molar-refractivity contribution is -0.132. The van der Waals surface area contributed by atoms with Crippen LogP contribution in [0.3, 0.4) is 0 Å². The molecule has 2 heterocycles. The monoisotopic (exact) mass is 535 g/mol. The molecule has 186 valence electrons. The molecule has 9 nitrogen and oxygen atoms in total. The van der Waals surface area contributed by atoms with Crippen LogP contribution in [0.15, 0.2) is 57.9 Å². The first-order valence-corrected chi connectivity index (χ1v) is 13.7. The number of carbonyl (C=O) groups is 2. The number of benzene rings is 2. The maximum absolute atomic E-state index is 13.4. The Balaban J connectivity index is 1.49. The van der Waals surface area contributed by atoms with Crippen molar-refractivity contribution in [3.05, 3.63) is 57.8 Å². The minimum atomic E-state index is -4.15. The Morgan fingerprint density at radius 1 is 1.14 bits per heavy atom. The Hall–Kier alpha value is -2.73. The van der Waals surface area contributed by atoms with E-state index in [1.54, 1.807) is 40.5 Å². The number of likely N-dealkylation sites (tertiary alicyclic amines) is 1. The number of thiazole rings is 1. The number of sulfonamides is 1. The lowest BCUT2D eigenvalue weighted by Gasteiger charge is -2.31. The van der Waals surface area contributed by atoms with Gasteiger partial charge in [-0.15, -0.1) is 11.3 Å². The topological polar surface area (TPSA) is 118 Å². The summed E-state index contributed by atoms with van der Waals surface area (Å²) in [6, 6.07) is 9.78. The number of aryl methyl sites for hydroxylation is 1. The fourth-order valence-electron chi connectivity index (χ4n) is 4.01. The van der Waals surface area contributed by atoms with Crippen LogP contribution in [0.1, 0.15) is 12.8 Å². The van der Waals surface area contributed by atoms with E-state index >= 15 is 0 Å². The summed E-state index contributed by atoms with van der Waals surface area (Å²) in [6.07, 6.45) is 3.31. The van der Waals surface area contributed by atoms with Crippen molar-refractivity contribution in [3.8, 4) is 0 Å². The lowest BCUT2D eigenvalue weighted by atomic mass is 10.1. The van der Waals surface area contributed by atoms with Crippen LogP contribution in [0.2, 0.25) is 5.02 Å². The number of hydrogen-bond acceptors (Lipinski definition) is 6. The molecule has 2 amide bonds. The van der Waals surface area contributed by atoms with Gasteiger partial charge >= 0.3 is 0 Å². The summed E-state index contributed by atoms with van der Waals surface area (Å²) in [5.41, 5.74) is 5.33. The lowest BCUT2D eigenvalue weighted by Crippen LogP contribution is -2.48. The zero-order chi connectivity index (χ0) is 25.2. The third-order valence-electron chi connectivity index (χ3n) is 5.93. The number of carbonyl (C=O) groups excluding carboxylic acids is 2. The minimum Gasteiger partial charge on any atom is -0.369 e. The fourth-order valence-corrected chi connectivity index (χ4v) is 6.38. The van der Waals surface area contributed by atoms with Crippen LogP contribution in [0, 0.1) is 0 Å². The van der Waals surface area contributed by atoms with Crippen LogP contribution in [-0.4, -0.2) is 66.2 Å². The van der Waals surface area contributed by atoms with Crippen LogP contribution >= 0.6 is 22.9 Å². The Morgan fingerprint density at radius 3 is 2.49 bits per heavy atom. The van der Waals surface area contributed by atoms with E-state index in [1.807, 2.05) is 23.2 Å². The van der Waals surface area contributed by atoms with Crippen molar-refractivity contribution in [2.75, 3.05) is 26.2 Å². The Bertz CT molecular complexity index is 1420. The van der Waals surface area contributed by atoms with Crippen molar-refractivity contribution in [2.45, 2.75) is 23.8 Å². The highest BCUT2D eigenvalue weighted by Gasteiger charge is 2.31. The molecule has 0 bridgehead atoms. The molecule has 1 aliphatic rings. The molecule has 3 aromatic rings. The van der Waals surface area contributed by atoms with Gasteiger partial charge in [-0.3, -0.25) is 14.6 Å². The van der Waals surface area contributed by atoms with Gasteiger partial charge in [0.15, 0.2) is 4.80 Å². The van der Waals surface area contributed by atoms with Gasteiger partial charge in [0.2, 0.25) is 21.8 Å². The summed E-state index contributed by atoms with van der Waals surface area (Å²) in [7, 11) is -2.21. The fraction of sp³-hybridized carbons (Fsp3) is 0.348. The number of piperidine rings is 1. The average molecular weight is 536 g/mol. The normalized spacial score (nSPS) is 15.7.